The van der Waals surface area contributed by atoms with Crippen molar-refractivity contribution in [3.05, 3.63) is 29.8 Å². The quantitative estimate of drug-likeness (QED) is 0.552. The van der Waals surface area contributed by atoms with Crippen LogP contribution in [0, 0.1) is 5.92 Å². The molecule has 0 atom stereocenters. The van der Waals surface area contributed by atoms with Crippen LogP contribution >= 0.6 is 11.8 Å². The summed E-state index contributed by atoms with van der Waals surface area (Å²) in [6.07, 6.45) is 0.639. The minimum Gasteiger partial charge on any atom is -0.294 e. The Kier molecular flexibility index (Phi) is 4.89. The fraction of sp³-hybridized carbons (Fsp3) is 0.462. The van der Waals surface area contributed by atoms with E-state index in [9.17, 15) is 4.79 Å². The molecule has 1 rings (SSSR count). The van der Waals surface area contributed by atoms with E-state index in [1.807, 2.05) is 24.3 Å². The van der Waals surface area contributed by atoms with Crippen LogP contribution < -0.4 is 0 Å². The lowest BCUT2D eigenvalue weighted by Gasteiger charge is -2.04. The topological polar surface area (TPSA) is 17.1 Å². The zero-order valence-corrected chi connectivity index (χ0v) is 10.4. The number of hydrogen-bond acceptors (Lipinski definition) is 2. The summed E-state index contributed by atoms with van der Waals surface area (Å²) in [5, 5.41) is 0. The number of thioether (sulfide) groups is 1. The molecule has 0 saturated heterocycles. The highest BCUT2D eigenvalue weighted by Crippen LogP contribution is 2.18. The predicted octanol–water partition coefficient (Wildman–Crippen LogP) is 4.03. The number of Topliss-reactive ketones (excluding diaryl/α,β-unsaturated/α-hetero) is 1. The number of hydrogen-bond donors (Lipinski definition) is 0. The van der Waals surface area contributed by atoms with Crippen molar-refractivity contribution in [3.63, 3.8) is 0 Å². The third-order valence-corrected chi connectivity index (χ3v) is 2.98. The maximum Gasteiger partial charge on any atom is 0.163 e. The Balaban J connectivity index is 2.67. The van der Waals surface area contributed by atoms with Crippen LogP contribution in [0.1, 0.15) is 37.6 Å². The first-order valence-electron chi connectivity index (χ1n) is 5.39. The van der Waals surface area contributed by atoms with Gasteiger partial charge in [-0.15, -0.1) is 11.8 Å². The van der Waals surface area contributed by atoms with Gasteiger partial charge in [0.2, 0.25) is 0 Å². The van der Waals surface area contributed by atoms with Crippen LogP contribution in [0.4, 0.5) is 0 Å². The molecule has 0 aliphatic rings. The second-order valence-electron chi connectivity index (χ2n) is 3.98. The fourth-order valence-electron chi connectivity index (χ4n) is 1.39. The highest BCUT2D eigenvalue weighted by Gasteiger charge is 2.07. The van der Waals surface area contributed by atoms with E-state index in [0.717, 1.165) is 11.3 Å². The van der Waals surface area contributed by atoms with Crippen molar-refractivity contribution in [3.8, 4) is 0 Å². The van der Waals surface area contributed by atoms with Crippen molar-refractivity contribution in [1.82, 2.24) is 0 Å². The molecule has 1 aromatic rings. The summed E-state index contributed by atoms with van der Waals surface area (Å²) >= 11 is 1.80. The first-order valence-corrected chi connectivity index (χ1v) is 6.38. The minimum atomic E-state index is 0.248. The van der Waals surface area contributed by atoms with Crippen LogP contribution in [0.15, 0.2) is 29.2 Å². The van der Waals surface area contributed by atoms with E-state index in [1.165, 1.54) is 4.90 Å². The average Bonchev–Trinajstić information content (AvgIpc) is 2.18. The van der Waals surface area contributed by atoms with Gasteiger partial charge >= 0.3 is 0 Å². The van der Waals surface area contributed by atoms with Crippen molar-refractivity contribution in [2.24, 2.45) is 5.92 Å². The number of rotatable bonds is 5. The lowest BCUT2D eigenvalue weighted by atomic mass is 10.0. The molecule has 82 valence electrons. The molecule has 0 aliphatic heterocycles. The Morgan fingerprint density at radius 3 is 2.33 bits per heavy atom. The second-order valence-corrected chi connectivity index (χ2v) is 5.32. The molecular formula is C13H18OS. The molecule has 0 saturated carbocycles. The molecule has 1 nitrogen and oxygen atoms in total. The number of benzene rings is 1. The summed E-state index contributed by atoms with van der Waals surface area (Å²) < 4.78 is 0. The Labute approximate surface area is 96.3 Å². The van der Waals surface area contributed by atoms with Gasteiger partial charge in [0.05, 0.1) is 0 Å². The minimum absolute atomic E-state index is 0.248. The molecule has 0 spiro atoms. The Bertz CT molecular complexity index is 314. The van der Waals surface area contributed by atoms with Crippen LogP contribution in [-0.2, 0) is 0 Å². The molecule has 2 heteroatoms. The lowest BCUT2D eigenvalue weighted by Crippen LogP contribution is -2.03. The second kappa shape index (κ2) is 5.96. The highest BCUT2D eigenvalue weighted by atomic mass is 32.2. The van der Waals surface area contributed by atoms with Crippen LogP contribution in [0.25, 0.3) is 0 Å². The maximum atomic E-state index is 11.7. The monoisotopic (exact) mass is 222 g/mol. The molecule has 0 N–H and O–H groups in total. The van der Waals surface area contributed by atoms with E-state index in [1.54, 1.807) is 11.8 Å². The van der Waals surface area contributed by atoms with E-state index in [0.29, 0.717) is 12.3 Å². The number of carbonyl (C=O) groups excluding carboxylic acids is 1. The van der Waals surface area contributed by atoms with E-state index in [-0.39, 0.29) is 5.78 Å². The van der Waals surface area contributed by atoms with Gasteiger partial charge in [0.25, 0.3) is 0 Å². The molecule has 0 bridgehead atoms. The van der Waals surface area contributed by atoms with Crippen molar-refractivity contribution in [1.29, 1.82) is 0 Å². The normalized spacial score (nSPS) is 10.7. The molecule has 0 aromatic heterocycles. The van der Waals surface area contributed by atoms with Gasteiger partial charge in [-0.1, -0.05) is 32.9 Å². The smallest absolute Gasteiger partial charge is 0.163 e. The van der Waals surface area contributed by atoms with Crippen LogP contribution in [0.5, 0.6) is 0 Å². The van der Waals surface area contributed by atoms with Gasteiger partial charge in [-0.2, -0.15) is 0 Å². The Morgan fingerprint density at radius 2 is 1.87 bits per heavy atom. The van der Waals surface area contributed by atoms with Gasteiger partial charge in [-0.25, -0.2) is 0 Å². The fourth-order valence-corrected chi connectivity index (χ4v) is 2.05. The number of carbonyl (C=O) groups is 1. The van der Waals surface area contributed by atoms with Gasteiger partial charge in [0.15, 0.2) is 5.78 Å². The summed E-state index contributed by atoms with van der Waals surface area (Å²) in [4.78, 5) is 13.0. The first kappa shape index (κ1) is 12.3. The number of ketones is 1. The largest absolute Gasteiger partial charge is 0.294 e. The van der Waals surface area contributed by atoms with Crippen molar-refractivity contribution >= 4 is 17.5 Å². The summed E-state index contributed by atoms with van der Waals surface area (Å²) in [7, 11) is 0. The van der Waals surface area contributed by atoms with Gasteiger partial charge in [-0.05, 0) is 23.8 Å². The van der Waals surface area contributed by atoms with E-state index in [2.05, 4.69) is 20.8 Å². The molecule has 0 amide bonds. The zero-order chi connectivity index (χ0) is 11.3. The van der Waals surface area contributed by atoms with E-state index < -0.39 is 0 Å². The van der Waals surface area contributed by atoms with Crippen LogP contribution in [0.3, 0.4) is 0 Å². The van der Waals surface area contributed by atoms with Crippen molar-refractivity contribution in [2.45, 2.75) is 32.1 Å². The van der Waals surface area contributed by atoms with E-state index >= 15 is 0 Å². The third kappa shape index (κ3) is 4.08. The molecule has 0 aliphatic carbocycles. The Hall–Kier alpha value is -0.760. The first-order chi connectivity index (χ1) is 7.13. The molecule has 0 heterocycles. The summed E-state index contributed by atoms with van der Waals surface area (Å²) in [6, 6.07) is 7.93. The van der Waals surface area contributed by atoms with Crippen molar-refractivity contribution < 1.29 is 4.79 Å². The third-order valence-electron chi connectivity index (χ3n) is 2.08. The standard InChI is InChI=1S/C13H18OS/c1-4-15-12-7-5-11(6-8-12)13(14)9-10(2)3/h5-8,10H,4,9H2,1-3H3. The molecule has 0 fully saturated rings. The summed E-state index contributed by atoms with van der Waals surface area (Å²) in [5.41, 5.74) is 0.837. The molecular weight excluding hydrogens is 204 g/mol. The zero-order valence-electron chi connectivity index (χ0n) is 9.62. The van der Waals surface area contributed by atoms with Gasteiger partial charge in [-0.3, -0.25) is 4.79 Å². The van der Waals surface area contributed by atoms with Gasteiger partial charge in [0.1, 0.15) is 0 Å². The molecule has 0 radical (unpaired) electrons. The molecule has 15 heavy (non-hydrogen) atoms. The summed E-state index contributed by atoms with van der Waals surface area (Å²) in [6.45, 7) is 6.26. The molecule has 0 unspecified atom stereocenters. The highest BCUT2D eigenvalue weighted by molar-refractivity contribution is 7.99. The van der Waals surface area contributed by atoms with Crippen molar-refractivity contribution in [2.75, 3.05) is 5.75 Å². The molecule has 1 aromatic carbocycles. The average molecular weight is 222 g/mol. The Morgan fingerprint density at radius 1 is 1.27 bits per heavy atom. The predicted molar refractivity (Wildman–Crippen MR) is 66.6 cm³/mol. The summed E-state index contributed by atoms with van der Waals surface area (Å²) in [5.74, 6) is 1.75. The maximum absolute atomic E-state index is 11.7. The van der Waals surface area contributed by atoms with Gasteiger partial charge in [0, 0.05) is 16.9 Å². The van der Waals surface area contributed by atoms with E-state index in [4.69, 9.17) is 0 Å². The SMILES string of the molecule is CCSc1ccc(C(=O)CC(C)C)cc1. The van der Waals surface area contributed by atoms with Crippen LogP contribution in [-0.4, -0.2) is 11.5 Å². The lowest BCUT2D eigenvalue weighted by molar-refractivity contribution is 0.0968. The van der Waals surface area contributed by atoms with Gasteiger partial charge < -0.3 is 0 Å². The van der Waals surface area contributed by atoms with Crippen LogP contribution in [0.2, 0.25) is 0 Å².